The second-order valence-corrected chi connectivity index (χ2v) is 12.4. The van der Waals surface area contributed by atoms with Crippen LogP contribution in [0.3, 0.4) is 0 Å². The van der Waals surface area contributed by atoms with Crippen LogP contribution in [0.15, 0.2) is 29.2 Å². The number of rotatable bonds is 8. The Labute approximate surface area is 212 Å². The first-order chi connectivity index (χ1) is 16.8. The van der Waals surface area contributed by atoms with E-state index in [0.29, 0.717) is 25.7 Å². The zero-order valence-electron chi connectivity index (χ0n) is 21.2. The summed E-state index contributed by atoms with van der Waals surface area (Å²) in [5, 5.41) is 13.6. The molecule has 11 nitrogen and oxygen atoms in total. The van der Waals surface area contributed by atoms with Crippen LogP contribution < -0.4 is 10.0 Å². The molecule has 36 heavy (non-hydrogen) atoms. The molecule has 1 aromatic rings. The normalized spacial score (nSPS) is 21.7. The SMILES string of the molecule is CN(C(=O)C(NC(=O)OC(C)(C)C)C1CCC(NS(=O)(=O)c2ccc([N+](=O)[O-])cc2)CC1)C1CCC1. The van der Waals surface area contributed by atoms with E-state index in [-0.39, 0.29) is 34.5 Å². The minimum Gasteiger partial charge on any atom is -0.444 e. The van der Waals surface area contributed by atoms with Crippen LogP contribution in [0.25, 0.3) is 0 Å². The Hall–Kier alpha value is -2.73. The van der Waals surface area contributed by atoms with E-state index in [9.17, 15) is 28.1 Å². The van der Waals surface area contributed by atoms with Crippen LogP contribution in [-0.2, 0) is 19.6 Å². The van der Waals surface area contributed by atoms with Gasteiger partial charge in [0.25, 0.3) is 5.69 Å². The molecule has 12 heteroatoms. The third kappa shape index (κ3) is 7.16. The summed E-state index contributed by atoms with van der Waals surface area (Å²) in [5.74, 6) is -0.312. The van der Waals surface area contributed by atoms with E-state index < -0.39 is 32.7 Å². The first kappa shape index (κ1) is 27.9. The molecule has 1 aromatic carbocycles. The van der Waals surface area contributed by atoms with Crippen molar-refractivity contribution in [2.45, 2.75) is 94.3 Å². The summed E-state index contributed by atoms with van der Waals surface area (Å²) >= 11 is 0. The molecule has 3 rings (SSSR count). The van der Waals surface area contributed by atoms with Crippen LogP contribution in [0.4, 0.5) is 10.5 Å². The molecule has 2 N–H and O–H groups in total. The summed E-state index contributed by atoms with van der Waals surface area (Å²) in [4.78, 5) is 37.8. The topological polar surface area (TPSA) is 148 Å². The molecule has 2 amide bonds. The van der Waals surface area contributed by atoms with E-state index in [2.05, 4.69) is 10.0 Å². The zero-order chi connectivity index (χ0) is 26.7. The summed E-state index contributed by atoms with van der Waals surface area (Å²) in [7, 11) is -2.09. The average Bonchev–Trinajstić information content (AvgIpc) is 2.75. The highest BCUT2D eigenvalue weighted by Gasteiger charge is 2.39. The summed E-state index contributed by atoms with van der Waals surface area (Å²) in [6, 6.07) is 3.81. The second kappa shape index (κ2) is 11.1. The number of carbonyl (C=O) groups is 2. The standard InChI is InChI=1S/C24H36N4O7S/c1-24(2,3)35-23(30)25-21(22(29)27(4)18-6-5-7-18)16-8-10-17(11-9-16)26-36(33,34)20-14-12-19(13-15-20)28(31)32/h12-18,21,26H,5-11H2,1-4H3,(H,25,30). The van der Waals surface area contributed by atoms with Gasteiger partial charge >= 0.3 is 6.09 Å². The summed E-state index contributed by atoms with van der Waals surface area (Å²) < 4.78 is 33.6. The molecule has 0 aromatic heterocycles. The summed E-state index contributed by atoms with van der Waals surface area (Å²) in [6.45, 7) is 5.27. The highest BCUT2D eigenvalue weighted by atomic mass is 32.2. The van der Waals surface area contributed by atoms with E-state index in [1.807, 2.05) is 0 Å². The second-order valence-electron chi connectivity index (χ2n) is 10.6. The number of nitro benzene ring substituents is 1. The quantitative estimate of drug-likeness (QED) is 0.391. The van der Waals surface area contributed by atoms with Crippen molar-refractivity contribution in [2.24, 2.45) is 5.92 Å². The van der Waals surface area contributed by atoms with Crippen molar-refractivity contribution in [1.82, 2.24) is 14.9 Å². The number of benzene rings is 1. The van der Waals surface area contributed by atoms with E-state index in [0.717, 1.165) is 31.4 Å². The monoisotopic (exact) mass is 524 g/mol. The lowest BCUT2D eigenvalue weighted by molar-refractivity contribution is -0.384. The van der Waals surface area contributed by atoms with Crippen molar-refractivity contribution < 1.29 is 27.7 Å². The van der Waals surface area contributed by atoms with Gasteiger partial charge in [-0.2, -0.15) is 0 Å². The van der Waals surface area contributed by atoms with Crippen molar-refractivity contribution in [2.75, 3.05) is 7.05 Å². The van der Waals surface area contributed by atoms with Crippen molar-refractivity contribution in [1.29, 1.82) is 0 Å². The minimum atomic E-state index is -3.85. The molecule has 0 heterocycles. The molecule has 2 saturated carbocycles. The lowest BCUT2D eigenvalue weighted by Gasteiger charge is -2.40. The molecule has 0 aliphatic heterocycles. The third-order valence-corrected chi connectivity index (χ3v) is 8.37. The number of nitro groups is 1. The Bertz CT molecular complexity index is 1060. The summed E-state index contributed by atoms with van der Waals surface area (Å²) in [5.41, 5.74) is -0.889. The van der Waals surface area contributed by atoms with E-state index in [4.69, 9.17) is 4.74 Å². The number of likely N-dealkylation sites (N-methyl/N-ethyl adjacent to an activating group) is 1. The molecule has 1 atom stereocenters. The smallest absolute Gasteiger partial charge is 0.408 e. The predicted octanol–water partition coefficient (Wildman–Crippen LogP) is 3.34. The predicted molar refractivity (Wildman–Crippen MR) is 133 cm³/mol. The van der Waals surface area contributed by atoms with Crippen molar-refractivity contribution in [3.63, 3.8) is 0 Å². The number of nitrogens with zero attached hydrogens (tertiary/aromatic N) is 2. The fourth-order valence-electron chi connectivity index (χ4n) is 4.59. The van der Waals surface area contributed by atoms with E-state index >= 15 is 0 Å². The number of nitrogens with one attached hydrogen (secondary N) is 2. The largest absolute Gasteiger partial charge is 0.444 e. The maximum atomic E-state index is 13.3. The van der Waals surface area contributed by atoms with Gasteiger partial charge in [-0.05, 0) is 83.8 Å². The third-order valence-electron chi connectivity index (χ3n) is 6.83. The highest BCUT2D eigenvalue weighted by Crippen LogP contribution is 2.31. The molecular formula is C24H36N4O7S. The van der Waals surface area contributed by atoms with Crippen LogP contribution in [0.2, 0.25) is 0 Å². The number of sulfonamides is 1. The number of ether oxygens (including phenoxy) is 1. The van der Waals surface area contributed by atoms with Gasteiger partial charge in [0.15, 0.2) is 0 Å². The Morgan fingerprint density at radius 2 is 1.67 bits per heavy atom. The van der Waals surface area contributed by atoms with E-state index in [1.165, 1.54) is 12.1 Å². The molecular weight excluding hydrogens is 488 g/mol. The Morgan fingerprint density at radius 1 is 1.08 bits per heavy atom. The number of hydrogen-bond donors (Lipinski definition) is 2. The Kier molecular flexibility index (Phi) is 8.60. The first-order valence-electron chi connectivity index (χ1n) is 12.3. The number of carbonyl (C=O) groups excluding carboxylic acids is 2. The van der Waals surface area contributed by atoms with Crippen molar-refractivity contribution in [3.05, 3.63) is 34.4 Å². The molecule has 0 spiro atoms. The van der Waals surface area contributed by atoms with Crippen LogP contribution in [-0.4, -0.2) is 61.0 Å². The van der Waals surface area contributed by atoms with Crippen LogP contribution in [0.5, 0.6) is 0 Å². The van der Waals surface area contributed by atoms with Gasteiger partial charge in [0, 0.05) is 31.3 Å². The maximum Gasteiger partial charge on any atom is 0.408 e. The van der Waals surface area contributed by atoms with E-state index in [1.54, 1.807) is 32.7 Å². The van der Waals surface area contributed by atoms with Gasteiger partial charge in [-0.25, -0.2) is 17.9 Å². The van der Waals surface area contributed by atoms with Gasteiger partial charge in [-0.3, -0.25) is 14.9 Å². The fourth-order valence-corrected chi connectivity index (χ4v) is 5.90. The molecule has 2 aliphatic carbocycles. The Morgan fingerprint density at radius 3 is 2.14 bits per heavy atom. The van der Waals surface area contributed by atoms with Crippen molar-refractivity contribution >= 4 is 27.7 Å². The fraction of sp³-hybridized carbons (Fsp3) is 0.667. The maximum absolute atomic E-state index is 13.3. The van der Waals surface area contributed by atoms with Crippen LogP contribution in [0, 0.1) is 16.0 Å². The van der Waals surface area contributed by atoms with Crippen molar-refractivity contribution in [3.8, 4) is 0 Å². The molecule has 2 fully saturated rings. The number of non-ortho nitro benzene ring substituents is 1. The van der Waals surface area contributed by atoms with Gasteiger partial charge in [-0.15, -0.1) is 0 Å². The highest BCUT2D eigenvalue weighted by molar-refractivity contribution is 7.89. The lowest BCUT2D eigenvalue weighted by atomic mass is 9.80. The average molecular weight is 525 g/mol. The molecule has 0 radical (unpaired) electrons. The van der Waals surface area contributed by atoms with Crippen LogP contribution in [0.1, 0.15) is 65.7 Å². The molecule has 2 aliphatic rings. The number of alkyl carbamates (subject to hydrolysis) is 1. The van der Waals surface area contributed by atoms with Gasteiger partial charge in [0.2, 0.25) is 15.9 Å². The molecule has 0 saturated heterocycles. The van der Waals surface area contributed by atoms with Gasteiger partial charge in [0.05, 0.1) is 9.82 Å². The molecule has 200 valence electrons. The van der Waals surface area contributed by atoms with Gasteiger partial charge in [-0.1, -0.05) is 0 Å². The first-order valence-corrected chi connectivity index (χ1v) is 13.8. The van der Waals surface area contributed by atoms with Gasteiger partial charge in [0.1, 0.15) is 11.6 Å². The van der Waals surface area contributed by atoms with Gasteiger partial charge < -0.3 is 15.0 Å². The minimum absolute atomic E-state index is 0.0445. The molecule has 1 unspecified atom stereocenters. The summed E-state index contributed by atoms with van der Waals surface area (Å²) in [6.07, 6.45) is 4.37. The Balaban J connectivity index is 1.65. The lowest BCUT2D eigenvalue weighted by Crippen LogP contribution is -2.56. The molecule has 0 bridgehead atoms. The van der Waals surface area contributed by atoms with Crippen LogP contribution >= 0.6 is 0 Å². The zero-order valence-corrected chi connectivity index (χ0v) is 22.0. The number of amides is 2. The number of hydrogen-bond acceptors (Lipinski definition) is 7.